The van der Waals surface area contributed by atoms with Crippen LogP contribution in [0.4, 0.5) is 14.5 Å². The van der Waals surface area contributed by atoms with Crippen LogP contribution in [0, 0.1) is 0 Å². The number of aromatic nitrogens is 2. The molecule has 0 radical (unpaired) electrons. The van der Waals surface area contributed by atoms with Crippen LogP contribution in [0.25, 0.3) is 0 Å². The van der Waals surface area contributed by atoms with Gasteiger partial charge in [-0.2, -0.15) is 5.10 Å². The Labute approximate surface area is 68.6 Å². The number of nitrogens with two attached hydrogens (primary N) is 1. The second-order valence-corrected chi connectivity index (χ2v) is 1.94. The number of alkyl halides is 2. The number of nitrogens with zero attached hydrogens (tertiary/aromatic N) is 2. The summed E-state index contributed by atoms with van der Waals surface area (Å²) in [5, 5.41) is 3.45. The molecule has 3 nitrogen and oxygen atoms in total. The number of halogens is 3. The molecule has 1 rings (SSSR count). The minimum atomic E-state index is -2.58. The Bertz CT molecular complexity index is 236. The van der Waals surface area contributed by atoms with Gasteiger partial charge in [0.1, 0.15) is 0 Å². The molecule has 0 saturated carbocycles. The highest BCUT2D eigenvalue weighted by Crippen LogP contribution is 2.21. The van der Waals surface area contributed by atoms with E-state index in [0.29, 0.717) is 0 Å². The van der Waals surface area contributed by atoms with Gasteiger partial charge in [-0.1, -0.05) is 0 Å². The second-order valence-electron chi connectivity index (χ2n) is 1.94. The zero-order valence-corrected chi connectivity index (χ0v) is 6.61. The molecular weight excluding hydrogens is 176 g/mol. The van der Waals surface area contributed by atoms with Gasteiger partial charge in [-0.05, 0) is 0 Å². The maximum absolute atomic E-state index is 11.9. The normalized spacial score (nSPS) is 9.82. The van der Waals surface area contributed by atoms with Crippen LogP contribution in [0.3, 0.4) is 0 Å². The molecule has 1 aromatic heterocycles. The van der Waals surface area contributed by atoms with Crippen molar-refractivity contribution in [1.82, 2.24) is 9.78 Å². The van der Waals surface area contributed by atoms with Crippen molar-refractivity contribution < 1.29 is 8.78 Å². The monoisotopic (exact) mass is 183 g/mol. The Morgan fingerprint density at radius 1 is 1.64 bits per heavy atom. The average molecular weight is 184 g/mol. The van der Waals surface area contributed by atoms with E-state index in [2.05, 4.69) is 5.10 Å². The predicted octanol–water partition coefficient (Wildman–Crippen LogP) is 1.36. The first kappa shape index (κ1) is 10.2. The summed E-state index contributed by atoms with van der Waals surface area (Å²) in [6.45, 7) is 0. The molecule has 0 atom stereocenters. The minimum absolute atomic E-state index is 0. The highest BCUT2D eigenvalue weighted by Gasteiger charge is 2.14. The number of hydrogen-bond donors (Lipinski definition) is 1. The van der Waals surface area contributed by atoms with Crippen LogP contribution in [-0.4, -0.2) is 9.78 Å². The first-order valence-electron chi connectivity index (χ1n) is 2.68. The minimum Gasteiger partial charge on any atom is -0.396 e. The van der Waals surface area contributed by atoms with Gasteiger partial charge in [0, 0.05) is 13.2 Å². The lowest BCUT2D eigenvalue weighted by Gasteiger charge is -1.91. The Kier molecular flexibility index (Phi) is 3.25. The molecule has 1 aromatic rings. The average Bonchev–Trinajstić information content (AvgIpc) is 2.10. The standard InChI is InChI=1S/C5H7F2N3.ClH/c1-10-2-3(8)4(9-10)5(6)7;/h2,5H,8H2,1H3;1H. The first-order valence-corrected chi connectivity index (χ1v) is 2.68. The third kappa shape index (κ3) is 2.04. The fourth-order valence-electron chi connectivity index (χ4n) is 0.694. The number of rotatable bonds is 1. The van der Waals surface area contributed by atoms with Crippen molar-refractivity contribution in [2.45, 2.75) is 6.43 Å². The third-order valence-electron chi connectivity index (χ3n) is 1.09. The van der Waals surface area contributed by atoms with Crippen molar-refractivity contribution >= 4 is 18.1 Å². The molecule has 1 heterocycles. The molecule has 2 N–H and O–H groups in total. The van der Waals surface area contributed by atoms with Gasteiger partial charge < -0.3 is 5.73 Å². The summed E-state index contributed by atoms with van der Waals surface area (Å²) in [5.74, 6) is 0. The van der Waals surface area contributed by atoms with E-state index >= 15 is 0 Å². The van der Waals surface area contributed by atoms with Crippen LogP contribution in [-0.2, 0) is 7.05 Å². The first-order chi connectivity index (χ1) is 4.61. The highest BCUT2D eigenvalue weighted by atomic mass is 35.5. The van der Waals surface area contributed by atoms with E-state index in [4.69, 9.17) is 5.73 Å². The largest absolute Gasteiger partial charge is 0.396 e. The summed E-state index contributed by atoms with van der Waals surface area (Å²) in [6, 6.07) is 0. The van der Waals surface area contributed by atoms with Gasteiger partial charge >= 0.3 is 0 Å². The van der Waals surface area contributed by atoms with Crippen molar-refractivity contribution in [2.24, 2.45) is 7.05 Å². The smallest absolute Gasteiger partial charge is 0.284 e. The number of aryl methyl sites for hydroxylation is 1. The fourth-order valence-corrected chi connectivity index (χ4v) is 0.694. The Morgan fingerprint density at radius 3 is 2.36 bits per heavy atom. The van der Waals surface area contributed by atoms with E-state index in [1.807, 2.05) is 0 Å². The molecule has 11 heavy (non-hydrogen) atoms. The van der Waals surface area contributed by atoms with Crippen LogP contribution < -0.4 is 5.73 Å². The third-order valence-corrected chi connectivity index (χ3v) is 1.09. The topological polar surface area (TPSA) is 43.8 Å². The molecule has 0 aliphatic heterocycles. The summed E-state index contributed by atoms with van der Waals surface area (Å²) in [5.41, 5.74) is 4.87. The van der Waals surface area contributed by atoms with E-state index in [1.54, 1.807) is 7.05 Å². The molecule has 6 heteroatoms. The Balaban J connectivity index is 0.000001000. The predicted molar refractivity (Wildman–Crippen MR) is 39.8 cm³/mol. The lowest BCUT2D eigenvalue weighted by Crippen LogP contribution is -1.92. The van der Waals surface area contributed by atoms with E-state index in [-0.39, 0.29) is 23.8 Å². The van der Waals surface area contributed by atoms with Gasteiger partial charge in [-0.15, -0.1) is 12.4 Å². The van der Waals surface area contributed by atoms with E-state index in [0.717, 1.165) is 0 Å². The molecule has 0 amide bonds. The molecule has 0 aliphatic rings. The Hall–Kier alpha value is -0.840. The lowest BCUT2D eigenvalue weighted by atomic mass is 10.4. The van der Waals surface area contributed by atoms with Gasteiger partial charge in [-0.3, -0.25) is 4.68 Å². The van der Waals surface area contributed by atoms with Gasteiger partial charge in [0.2, 0.25) is 0 Å². The molecule has 0 aromatic carbocycles. The molecule has 0 unspecified atom stereocenters. The van der Waals surface area contributed by atoms with Crippen molar-refractivity contribution in [3.8, 4) is 0 Å². The molecule has 0 saturated heterocycles. The van der Waals surface area contributed by atoms with Gasteiger partial charge in [0.05, 0.1) is 5.69 Å². The summed E-state index contributed by atoms with van der Waals surface area (Å²) < 4.78 is 25.0. The summed E-state index contributed by atoms with van der Waals surface area (Å²) >= 11 is 0. The molecular formula is C5H8ClF2N3. The van der Waals surface area contributed by atoms with Crippen LogP contribution in [0.2, 0.25) is 0 Å². The van der Waals surface area contributed by atoms with Crippen molar-refractivity contribution in [3.05, 3.63) is 11.9 Å². The molecule has 0 bridgehead atoms. The maximum Gasteiger partial charge on any atom is 0.284 e. The van der Waals surface area contributed by atoms with Crippen LogP contribution in [0.15, 0.2) is 6.20 Å². The second kappa shape index (κ2) is 3.52. The SMILES string of the molecule is Cl.Cn1cc(N)c(C(F)F)n1. The van der Waals surface area contributed by atoms with Crippen molar-refractivity contribution in [1.29, 1.82) is 0 Å². The van der Waals surface area contributed by atoms with Gasteiger partial charge in [0.15, 0.2) is 5.69 Å². The summed E-state index contributed by atoms with van der Waals surface area (Å²) in [4.78, 5) is 0. The molecule has 0 spiro atoms. The zero-order valence-electron chi connectivity index (χ0n) is 5.79. The van der Waals surface area contributed by atoms with Crippen LogP contribution >= 0.6 is 12.4 Å². The lowest BCUT2D eigenvalue weighted by molar-refractivity contribution is 0.146. The van der Waals surface area contributed by atoms with E-state index < -0.39 is 6.43 Å². The van der Waals surface area contributed by atoms with Crippen LogP contribution in [0.5, 0.6) is 0 Å². The highest BCUT2D eigenvalue weighted by molar-refractivity contribution is 5.85. The van der Waals surface area contributed by atoms with Gasteiger partial charge in [-0.25, -0.2) is 8.78 Å². The number of anilines is 1. The van der Waals surface area contributed by atoms with Gasteiger partial charge in [0.25, 0.3) is 6.43 Å². The summed E-state index contributed by atoms with van der Waals surface area (Å²) in [7, 11) is 1.54. The maximum atomic E-state index is 11.9. The molecule has 64 valence electrons. The zero-order chi connectivity index (χ0) is 7.72. The summed E-state index contributed by atoms with van der Waals surface area (Å²) in [6.07, 6.45) is -1.23. The number of nitrogen functional groups attached to an aromatic ring is 1. The fraction of sp³-hybridized carbons (Fsp3) is 0.400. The molecule has 0 aliphatic carbocycles. The quantitative estimate of drug-likeness (QED) is 0.715. The van der Waals surface area contributed by atoms with E-state index in [9.17, 15) is 8.78 Å². The van der Waals surface area contributed by atoms with Crippen LogP contribution in [0.1, 0.15) is 12.1 Å². The Morgan fingerprint density at radius 2 is 2.18 bits per heavy atom. The molecule has 0 fully saturated rings. The van der Waals surface area contributed by atoms with Crippen molar-refractivity contribution in [3.63, 3.8) is 0 Å². The van der Waals surface area contributed by atoms with Crippen molar-refractivity contribution in [2.75, 3.05) is 5.73 Å². The number of hydrogen-bond acceptors (Lipinski definition) is 2. The van der Waals surface area contributed by atoms with E-state index in [1.165, 1.54) is 10.9 Å².